The van der Waals surface area contributed by atoms with Gasteiger partial charge in [0.15, 0.2) is 0 Å². The van der Waals surface area contributed by atoms with E-state index in [0.717, 1.165) is 19.4 Å². The number of hydrogen-bond acceptors (Lipinski definition) is 5. The molecule has 0 unspecified atom stereocenters. The minimum absolute atomic E-state index is 0.0727. The average Bonchev–Trinajstić information content (AvgIpc) is 3.26. The summed E-state index contributed by atoms with van der Waals surface area (Å²) < 4.78 is 28.7. The maximum atomic E-state index is 12.4. The van der Waals surface area contributed by atoms with Crippen molar-refractivity contribution < 1.29 is 13.5 Å². The molecule has 7 nitrogen and oxygen atoms in total. The van der Waals surface area contributed by atoms with Crippen LogP contribution in [0.3, 0.4) is 0 Å². The molecule has 1 saturated carbocycles. The van der Waals surface area contributed by atoms with E-state index in [1.165, 1.54) is 31.3 Å². The van der Waals surface area contributed by atoms with Gasteiger partial charge in [-0.15, -0.1) is 4.40 Å². The highest BCUT2D eigenvalue weighted by atomic mass is 32.2. The van der Waals surface area contributed by atoms with E-state index in [-0.39, 0.29) is 16.9 Å². The number of hydrazone groups is 1. The third kappa shape index (κ3) is 3.85. The molecule has 1 spiro atoms. The lowest BCUT2D eigenvalue weighted by atomic mass is 9.89. The van der Waals surface area contributed by atoms with Crippen molar-refractivity contribution in [2.24, 2.45) is 14.9 Å². The Morgan fingerprint density at radius 2 is 2.16 bits per heavy atom. The minimum Gasteiger partial charge on any atom is -0.392 e. The van der Waals surface area contributed by atoms with Crippen molar-refractivity contribution in [3.8, 4) is 0 Å². The van der Waals surface area contributed by atoms with E-state index >= 15 is 0 Å². The Bertz CT molecular complexity index is 770. The number of hydrogen-bond donors (Lipinski definition) is 1. The summed E-state index contributed by atoms with van der Waals surface area (Å²) in [4.78, 5) is 0.0727. The number of benzene rings is 1. The molecule has 1 aromatic rings. The summed E-state index contributed by atoms with van der Waals surface area (Å²) in [6, 6.07) is 6.18. The third-order valence-corrected chi connectivity index (χ3v) is 6.06. The van der Waals surface area contributed by atoms with Crippen LogP contribution in [0, 0.1) is 5.41 Å². The molecule has 1 N–H and O–H groups in total. The van der Waals surface area contributed by atoms with Crippen LogP contribution in [0.2, 0.25) is 0 Å². The molecule has 136 valence electrons. The molecule has 2 aliphatic rings. The van der Waals surface area contributed by atoms with Gasteiger partial charge in [0, 0.05) is 18.2 Å². The molecular weight excluding hydrogens is 340 g/mol. The molecule has 1 fully saturated rings. The zero-order valence-electron chi connectivity index (χ0n) is 14.4. The third-order valence-electron chi connectivity index (χ3n) is 4.84. The van der Waals surface area contributed by atoms with Crippen LogP contribution in [0.1, 0.15) is 38.2 Å². The van der Waals surface area contributed by atoms with Gasteiger partial charge in [-0.1, -0.05) is 25.0 Å². The summed E-state index contributed by atoms with van der Waals surface area (Å²) in [5.74, 6) is 0. The van der Waals surface area contributed by atoms with Crippen molar-refractivity contribution in [1.29, 1.82) is 0 Å². The van der Waals surface area contributed by atoms with Gasteiger partial charge in [0.05, 0.1) is 18.0 Å². The monoisotopic (exact) mass is 364 g/mol. The van der Waals surface area contributed by atoms with Gasteiger partial charge in [-0.25, -0.2) is 5.12 Å². The van der Waals surface area contributed by atoms with Crippen LogP contribution in [0.5, 0.6) is 0 Å². The van der Waals surface area contributed by atoms with Crippen molar-refractivity contribution in [2.75, 3.05) is 13.1 Å². The van der Waals surface area contributed by atoms with E-state index in [1.807, 2.05) is 13.1 Å². The summed E-state index contributed by atoms with van der Waals surface area (Å²) in [6.07, 6.45) is 8.04. The number of rotatable bonds is 6. The molecule has 1 aliphatic carbocycles. The molecule has 1 heterocycles. The van der Waals surface area contributed by atoms with Gasteiger partial charge in [0.1, 0.15) is 6.34 Å². The Balaban J connectivity index is 1.73. The first kappa shape index (κ1) is 17.9. The highest BCUT2D eigenvalue weighted by Gasteiger charge is 2.39. The first-order valence-corrected chi connectivity index (χ1v) is 10.0. The van der Waals surface area contributed by atoms with Crippen LogP contribution in [-0.4, -0.2) is 49.3 Å². The second-order valence-electron chi connectivity index (χ2n) is 6.60. The topological polar surface area (TPSA) is 85.6 Å². The Hall–Kier alpha value is -1.93. The van der Waals surface area contributed by atoms with Crippen molar-refractivity contribution in [3.63, 3.8) is 0 Å². The molecule has 0 saturated heterocycles. The largest absolute Gasteiger partial charge is 0.392 e. The van der Waals surface area contributed by atoms with Crippen LogP contribution in [0.15, 0.2) is 38.7 Å². The molecule has 1 aromatic carbocycles. The lowest BCUT2D eigenvalue weighted by Crippen LogP contribution is -2.40. The number of aliphatic hydroxyl groups excluding tert-OH is 1. The molecule has 3 rings (SSSR count). The standard InChI is InChI=1S/C17H24N4O3S/c1-2-20(21-13-17(12-18-21)8-3-4-9-17)14-19-25(23,24)16-7-5-6-15(10-16)11-22/h5-7,10,12,14,22H,2-4,8-9,11,13H2,1H3. The van der Waals surface area contributed by atoms with E-state index in [0.29, 0.717) is 12.1 Å². The Labute approximate surface area is 148 Å². The second kappa shape index (κ2) is 7.13. The summed E-state index contributed by atoms with van der Waals surface area (Å²) in [6.45, 7) is 3.06. The predicted molar refractivity (Wildman–Crippen MR) is 96.5 cm³/mol. The van der Waals surface area contributed by atoms with E-state index in [9.17, 15) is 8.42 Å². The summed E-state index contributed by atoms with van der Waals surface area (Å²) >= 11 is 0. The zero-order valence-corrected chi connectivity index (χ0v) is 15.2. The molecule has 8 heteroatoms. The maximum absolute atomic E-state index is 12.4. The first-order chi connectivity index (χ1) is 12.0. The fourth-order valence-corrected chi connectivity index (χ4v) is 4.27. The quantitative estimate of drug-likeness (QED) is 0.616. The number of nitrogens with zero attached hydrogens (tertiary/aromatic N) is 4. The van der Waals surface area contributed by atoms with Gasteiger partial charge in [0.25, 0.3) is 10.0 Å². The maximum Gasteiger partial charge on any atom is 0.283 e. The van der Waals surface area contributed by atoms with Gasteiger partial charge in [-0.2, -0.15) is 13.5 Å². The first-order valence-electron chi connectivity index (χ1n) is 8.57. The van der Waals surface area contributed by atoms with Crippen molar-refractivity contribution in [1.82, 2.24) is 10.1 Å². The molecular formula is C17H24N4O3S. The fraction of sp³-hybridized carbons (Fsp3) is 0.529. The molecule has 0 aromatic heterocycles. The predicted octanol–water partition coefficient (Wildman–Crippen LogP) is 1.99. The fourth-order valence-electron chi connectivity index (χ4n) is 3.36. The summed E-state index contributed by atoms with van der Waals surface area (Å²) in [5.41, 5.74) is 0.672. The number of sulfonamides is 1. The average molecular weight is 364 g/mol. The zero-order chi connectivity index (χ0) is 17.9. The normalized spacial score (nSPS) is 19.4. The minimum atomic E-state index is -3.82. The highest BCUT2D eigenvalue weighted by Crippen LogP contribution is 2.40. The van der Waals surface area contributed by atoms with Crippen LogP contribution in [0.25, 0.3) is 0 Å². The van der Waals surface area contributed by atoms with Gasteiger partial charge < -0.3 is 5.11 Å². The van der Waals surface area contributed by atoms with Crippen LogP contribution < -0.4 is 0 Å². The van der Waals surface area contributed by atoms with E-state index in [1.54, 1.807) is 22.3 Å². The highest BCUT2D eigenvalue weighted by molar-refractivity contribution is 7.90. The summed E-state index contributed by atoms with van der Waals surface area (Å²) in [7, 11) is -3.82. The molecule has 0 atom stereocenters. The van der Waals surface area contributed by atoms with Gasteiger partial charge in [-0.3, -0.25) is 5.01 Å². The Kier molecular flexibility index (Phi) is 5.10. The Morgan fingerprint density at radius 1 is 1.40 bits per heavy atom. The number of hydrazine groups is 1. The van der Waals surface area contributed by atoms with Crippen LogP contribution in [0.4, 0.5) is 0 Å². The second-order valence-corrected chi connectivity index (χ2v) is 8.23. The van der Waals surface area contributed by atoms with E-state index < -0.39 is 10.0 Å². The molecule has 0 bridgehead atoms. The van der Waals surface area contributed by atoms with Crippen molar-refractivity contribution >= 4 is 22.6 Å². The molecule has 25 heavy (non-hydrogen) atoms. The molecule has 0 radical (unpaired) electrons. The lowest BCUT2D eigenvalue weighted by Gasteiger charge is -2.29. The molecule has 0 amide bonds. The lowest BCUT2D eigenvalue weighted by molar-refractivity contribution is 0.0498. The van der Waals surface area contributed by atoms with Gasteiger partial charge in [-0.05, 0) is 37.5 Å². The van der Waals surface area contributed by atoms with E-state index in [4.69, 9.17) is 5.11 Å². The van der Waals surface area contributed by atoms with Crippen molar-refractivity contribution in [3.05, 3.63) is 29.8 Å². The molecule has 1 aliphatic heterocycles. The van der Waals surface area contributed by atoms with E-state index in [2.05, 4.69) is 9.50 Å². The Morgan fingerprint density at radius 3 is 2.84 bits per heavy atom. The number of aliphatic hydroxyl groups is 1. The van der Waals surface area contributed by atoms with Crippen LogP contribution in [-0.2, 0) is 16.6 Å². The summed E-state index contributed by atoms with van der Waals surface area (Å²) in [5, 5.41) is 17.1. The van der Waals surface area contributed by atoms with Gasteiger partial charge in [0.2, 0.25) is 0 Å². The SMILES string of the molecule is CCN(C=NS(=O)(=O)c1cccc(CO)c1)N1CC2(C=N1)CCCC2. The smallest absolute Gasteiger partial charge is 0.283 e. The van der Waals surface area contributed by atoms with Crippen LogP contribution >= 0.6 is 0 Å². The van der Waals surface area contributed by atoms with Crippen molar-refractivity contribution in [2.45, 2.75) is 44.1 Å². The van der Waals surface area contributed by atoms with Gasteiger partial charge >= 0.3 is 0 Å².